The fourth-order valence-electron chi connectivity index (χ4n) is 3.07. The molecule has 0 radical (unpaired) electrons. The zero-order chi connectivity index (χ0) is 22.0. The van der Waals surface area contributed by atoms with E-state index in [0.717, 1.165) is 18.0 Å². The van der Waals surface area contributed by atoms with E-state index >= 15 is 0 Å². The summed E-state index contributed by atoms with van der Waals surface area (Å²) in [5.41, 5.74) is 0.456. The summed E-state index contributed by atoms with van der Waals surface area (Å²) in [6, 6.07) is 13.2. The van der Waals surface area contributed by atoms with Gasteiger partial charge in [0.1, 0.15) is 11.6 Å². The maximum absolute atomic E-state index is 14.2. The van der Waals surface area contributed by atoms with Crippen molar-refractivity contribution in [2.75, 3.05) is 26.5 Å². The number of halogens is 1. The fourth-order valence-corrected chi connectivity index (χ4v) is 4.80. The first-order valence-corrected chi connectivity index (χ1v) is 12.3. The standard InChI is InChI=1S/C21H23FN4O3S2/c1-25(2)31(27,28)17-11-9-16(10-12-17)29-13-14-30-21-24-23-20(26(21)15-7-8-15)18-5-3-4-6-19(18)22/h3-6,9-12,15H,7-8,13-14H2,1-2H3. The first-order valence-electron chi connectivity index (χ1n) is 9.86. The van der Waals surface area contributed by atoms with Crippen LogP contribution in [0.3, 0.4) is 0 Å². The number of thioether (sulfide) groups is 1. The molecule has 0 aliphatic heterocycles. The van der Waals surface area contributed by atoms with Gasteiger partial charge < -0.3 is 4.74 Å². The summed E-state index contributed by atoms with van der Waals surface area (Å²) in [4.78, 5) is 0.220. The van der Waals surface area contributed by atoms with Crippen LogP contribution in [0.25, 0.3) is 11.4 Å². The van der Waals surface area contributed by atoms with Crippen LogP contribution in [-0.2, 0) is 10.0 Å². The van der Waals surface area contributed by atoms with E-state index in [9.17, 15) is 12.8 Å². The molecule has 0 amide bonds. The molecule has 1 heterocycles. The molecule has 10 heteroatoms. The van der Waals surface area contributed by atoms with Gasteiger partial charge in [-0.3, -0.25) is 4.57 Å². The zero-order valence-electron chi connectivity index (χ0n) is 17.2. The Balaban J connectivity index is 1.38. The number of hydrogen-bond donors (Lipinski definition) is 0. The summed E-state index contributed by atoms with van der Waals surface area (Å²) in [5, 5.41) is 9.27. The van der Waals surface area contributed by atoms with Gasteiger partial charge in [-0.2, -0.15) is 0 Å². The van der Waals surface area contributed by atoms with Gasteiger partial charge in [0, 0.05) is 25.9 Å². The van der Waals surface area contributed by atoms with E-state index in [1.165, 1.54) is 48.4 Å². The molecule has 1 aliphatic carbocycles. The highest BCUT2D eigenvalue weighted by molar-refractivity contribution is 7.99. The Labute approximate surface area is 185 Å². The van der Waals surface area contributed by atoms with Crippen molar-refractivity contribution in [1.29, 1.82) is 0 Å². The van der Waals surface area contributed by atoms with E-state index < -0.39 is 10.0 Å². The number of ether oxygens (including phenoxy) is 1. The quantitative estimate of drug-likeness (QED) is 0.355. The van der Waals surface area contributed by atoms with E-state index in [-0.39, 0.29) is 10.7 Å². The predicted molar refractivity (Wildman–Crippen MR) is 117 cm³/mol. The lowest BCUT2D eigenvalue weighted by atomic mass is 10.2. The zero-order valence-corrected chi connectivity index (χ0v) is 18.9. The molecule has 31 heavy (non-hydrogen) atoms. The molecule has 0 saturated heterocycles. The average molecular weight is 463 g/mol. The Morgan fingerprint density at radius 1 is 1.13 bits per heavy atom. The third-order valence-corrected chi connectivity index (χ3v) is 7.61. The Kier molecular flexibility index (Phi) is 6.31. The lowest BCUT2D eigenvalue weighted by Gasteiger charge is -2.12. The molecule has 1 saturated carbocycles. The predicted octanol–water partition coefficient (Wildman–Crippen LogP) is 3.84. The Morgan fingerprint density at radius 2 is 1.84 bits per heavy atom. The summed E-state index contributed by atoms with van der Waals surface area (Å²) >= 11 is 1.51. The molecule has 1 aliphatic rings. The third kappa shape index (κ3) is 4.76. The van der Waals surface area contributed by atoms with Crippen molar-refractivity contribution < 1.29 is 17.5 Å². The second-order valence-corrected chi connectivity index (χ2v) is 10.6. The first-order chi connectivity index (χ1) is 14.9. The lowest BCUT2D eigenvalue weighted by Crippen LogP contribution is -2.22. The van der Waals surface area contributed by atoms with E-state index in [0.29, 0.717) is 35.5 Å². The van der Waals surface area contributed by atoms with Crippen molar-refractivity contribution in [2.24, 2.45) is 0 Å². The van der Waals surface area contributed by atoms with Gasteiger partial charge in [0.2, 0.25) is 10.0 Å². The van der Waals surface area contributed by atoms with Crippen LogP contribution in [0.15, 0.2) is 58.6 Å². The van der Waals surface area contributed by atoms with Gasteiger partial charge in [-0.05, 0) is 49.2 Å². The minimum absolute atomic E-state index is 0.220. The maximum Gasteiger partial charge on any atom is 0.242 e. The van der Waals surface area contributed by atoms with Crippen LogP contribution in [0.5, 0.6) is 5.75 Å². The smallest absolute Gasteiger partial charge is 0.242 e. The SMILES string of the molecule is CN(C)S(=O)(=O)c1ccc(OCCSc2nnc(-c3ccccc3F)n2C2CC2)cc1. The van der Waals surface area contributed by atoms with Gasteiger partial charge >= 0.3 is 0 Å². The molecular weight excluding hydrogens is 439 g/mol. The monoisotopic (exact) mass is 462 g/mol. The number of nitrogens with zero attached hydrogens (tertiary/aromatic N) is 4. The number of benzene rings is 2. The van der Waals surface area contributed by atoms with Gasteiger partial charge in [-0.15, -0.1) is 10.2 Å². The summed E-state index contributed by atoms with van der Waals surface area (Å²) in [6.07, 6.45) is 2.07. The van der Waals surface area contributed by atoms with Crippen LogP contribution < -0.4 is 4.74 Å². The van der Waals surface area contributed by atoms with Crippen LogP contribution in [0.2, 0.25) is 0 Å². The molecule has 2 aromatic carbocycles. The number of hydrogen-bond acceptors (Lipinski definition) is 6. The summed E-state index contributed by atoms with van der Waals surface area (Å²) in [7, 11) is -0.467. The Bertz CT molecular complexity index is 1160. The molecular formula is C21H23FN4O3S2. The van der Waals surface area contributed by atoms with Gasteiger partial charge in [0.25, 0.3) is 0 Å². The van der Waals surface area contributed by atoms with Crippen molar-refractivity contribution in [3.63, 3.8) is 0 Å². The highest BCUT2D eigenvalue weighted by Gasteiger charge is 2.30. The number of sulfonamides is 1. The Hall–Kier alpha value is -2.43. The lowest BCUT2D eigenvalue weighted by molar-refractivity contribution is 0.343. The molecule has 0 N–H and O–H groups in total. The van der Waals surface area contributed by atoms with Crippen molar-refractivity contribution >= 4 is 21.8 Å². The molecule has 164 valence electrons. The Morgan fingerprint density at radius 3 is 2.48 bits per heavy atom. The fraction of sp³-hybridized carbons (Fsp3) is 0.333. The van der Waals surface area contributed by atoms with Gasteiger partial charge in [0.15, 0.2) is 11.0 Å². The van der Waals surface area contributed by atoms with E-state index in [4.69, 9.17) is 4.74 Å². The van der Waals surface area contributed by atoms with Crippen molar-refractivity contribution in [1.82, 2.24) is 19.1 Å². The molecule has 0 atom stereocenters. The van der Waals surface area contributed by atoms with E-state index in [1.54, 1.807) is 30.3 Å². The first kappa shape index (κ1) is 21.8. The van der Waals surface area contributed by atoms with Crippen molar-refractivity contribution in [3.05, 3.63) is 54.3 Å². The molecule has 7 nitrogen and oxygen atoms in total. The summed E-state index contributed by atoms with van der Waals surface area (Å²) in [6.45, 7) is 0.414. The topological polar surface area (TPSA) is 77.3 Å². The maximum atomic E-state index is 14.2. The molecule has 0 spiro atoms. The molecule has 3 aromatic rings. The minimum Gasteiger partial charge on any atom is -0.493 e. The van der Waals surface area contributed by atoms with Gasteiger partial charge in [-0.25, -0.2) is 17.1 Å². The van der Waals surface area contributed by atoms with Crippen molar-refractivity contribution in [2.45, 2.75) is 28.9 Å². The van der Waals surface area contributed by atoms with Crippen LogP contribution in [0.1, 0.15) is 18.9 Å². The summed E-state index contributed by atoms with van der Waals surface area (Å²) in [5.74, 6) is 1.46. The van der Waals surface area contributed by atoms with Gasteiger partial charge in [-0.1, -0.05) is 23.9 Å². The highest BCUT2D eigenvalue weighted by Crippen LogP contribution is 2.41. The molecule has 0 unspecified atom stereocenters. The highest BCUT2D eigenvalue weighted by atomic mass is 32.2. The molecule has 0 bridgehead atoms. The number of aromatic nitrogens is 3. The largest absolute Gasteiger partial charge is 0.493 e. The molecule has 1 aromatic heterocycles. The van der Waals surface area contributed by atoms with Crippen molar-refractivity contribution in [3.8, 4) is 17.1 Å². The van der Waals surface area contributed by atoms with E-state index in [1.807, 2.05) is 4.57 Å². The normalized spacial score (nSPS) is 14.2. The van der Waals surface area contributed by atoms with E-state index in [2.05, 4.69) is 10.2 Å². The second kappa shape index (κ2) is 8.97. The van der Waals surface area contributed by atoms with Crippen LogP contribution in [-0.4, -0.2) is 53.9 Å². The molecule has 4 rings (SSSR count). The second-order valence-electron chi connectivity index (χ2n) is 7.34. The summed E-state index contributed by atoms with van der Waals surface area (Å²) < 4.78 is 47.4. The van der Waals surface area contributed by atoms with Gasteiger partial charge in [0.05, 0.1) is 17.1 Å². The van der Waals surface area contributed by atoms with Crippen LogP contribution in [0, 0.1) is 5.82 Å². The number of rotatable bonds is 9. The third-order valence-electron chi connectivity index (χ3n) is 4.88. The molecule has 1 fully saturated rings. The minimum atomic E-state index is -3.46. The average Bonchev–Trinajstić information content (AvgIpc) is 3.51. The van der Waals surface area contributed by atoms with Crippen LogP contribution in [0.4, 0.5) is 4.39 Å². The van der Waals surface area contributed by atoms with Crippen LogP contribution >= 0.6 is 11.8 Å².